The van der Waals surface area contributed by atoms with Gasteiger partial charge in [0.15, 0.2) is 0 Å². The van der Waals surface area contributed by atoms with Gasteiger partial charge >= 0.3 is 6.03 Å². The van der Waals surface area contributed by atoms with Gasteiger partial charge < -0.3 is 31.4 Å². The number of rotatable bonds is 7. The van der Waals surface area contributed by atoms with E-state index in [1.807, 2.05) is 48.7 Å². The molecule has 3 amide bonds. The maximum absolute atomic E-state index is 12.5. The Bertz CT molecular complexity index is 1280. The third-order valence-electron chi connectivity index (χ3n) is 5.75. The molecule has 1 aromatic heterocycles. The summed E-state index contributed by atoms with van der Waals surface area (Å²) >= 11 is 1.54. The van der Waals surface area contributed by atoms with Gasteiger partial charge in [0, 0.05) is 40.6 Å². The lowest BCUT2D eigenvalue weighted by atomic mass is 10.0. The van der Waals surface area contributed by atoms with Crippen LogP contribution in [-0.2, 0) is 16.0 Å². The molecule has 8 nitrogen and oxygen atoms in total. The van der Waals surface area contributed by atoms with Crippen molar-refractivity contribution in [2.75, 3.05) is 42.7 Å². The zero-order valence-corrected chi connectivity index (χ0v) is 20.9. The molecule has 4 rings (SSSR count). The molecule has 0 atom stereocenters. The number of thiophene rings is 1. The number of anilines is 3. The average molecular weight is 504 g/mol. The summed E-state index contributed by atoms with van der Waals surface area (Å²) in [6.45, 7) is 4.09. The van der Waals surface area contributed by atoms with Crippen LogP contribution in [0.4, 0.5) is 21.9 Å². The molecule has 0 bridgehead atoms. The monoisotopic (exact) mass is 503 g/mol. The number of hydrogen-bond acceptors (Lipinski definition) is 6. The van der Waals surface area contributed by atoms with Crippen molar-refractivity contribution >= 4 is 52.1 Å². The van der Waals surface area contributed by atoms with Crippen LogP contribution >= 0.6 is 11.3 Å². The number of nitrogen functional groups attached to an aromatic ring is 1. The molecule has 5 N–H and O–H groups in total. The van der Waals surface area contributed by atoms with Crippen molar-refractivity contribution in [1.82, 2.24) is 4.90 Å². The fourth-order valence-corrected chi connectivity index (χ4v) is 4.53. The minimum Gasteiger partial charge on any atom is -0.398 e. The van der Waals surface area contributed by atoms with Gasteiger partial charge in [-0.3, -0.25) is 4.79 Å². The highest BCUT2D eigenvalue weighted by atomic mass is 32.1. The van der Waals surface area contributed by atoms with Gasteiger partial charge in [0.25, 0.3) is 0 Å². The minimum atomic E-state index is -0.159. The molecule has 0 spiro atoms. The van der Waals surface area contributed by atoms with Crippen LogP contribution in [0.1, 0.15) is 21.6 Å². The number of carbonyl (C=O) groups excluding carboxylic acids is 2. The van der Waals surface area contributed by atoms with Gasteiger partial charge in [-0.2, -0.15) is 0 Å². The smallest absolute Gasteiger partial charge is 0.321 e. The van der Waals surface area contributed by atoms with Crippen molar-refractivity contribution in [3.8, 4) is 0 Å². The number of morpholine rings is 1. The summed E-state index contributed by atoms with van der Waals surface area (Å²) in [5, 5.41) is 16.4. The first-order chi connectivity index (χ1) is 17.4. The van der Waals surface area contributed by atoms with Crippen LogP contribution in [0.3, 0.4) is 0 Å². The summed E-state index contributed by atoms with van der Waals surface area (Å²) in [7, 11) is 0. The molecule has 1 aliphatic heterocycles. The molecule has 3 aromatic rings. The Morgan fingerprint density at radius 3 is 2.69 bits per heavy atom. The topological polar surface area (TPSA) is 121 Å². The predicted molar refractivity (Wildman–Crippen MR) is 146 cm³/mol. The first-order valence-corrected chi connectivity index (χ1v) is 12.5. The number of nitrogens with one attached hydrogen (secondary N) is 3. The highest BCUT2D eigenvalue weighted by Gasteiger charge is 2.16. The highest BCUT2D eigenvalue weighted by molar-refractivity contribution is 7.10. The standard InChI is InChI=1S/C27H29N5O3S/c1-18-14-24(29)22(17-25(18)31-26(33)16-21-6-3-13-36-21)23(28)8-7-19-4-2-5-20(15-19)30-27(34)32-9-11-35-12-10-32/h2-8,13-15,17,28H,9-12,16,29H2,1H3,(H,30,34)(H,31,33)/b8-7+,28-23?. The van der Waals surface area contributed by atoms with E-state index in [1.54, 1.807) is 29.2 Å². The van der Waals surface area contributed by atoms with E-state index in [1.165, 1.54) is 11.3 Å². The number of urea groups is 1. The zero-order valence-electron chi connectivity index (χ0n) is 20.0. The molecule has 1 saturated heterocycles. The average Bonchev–Trinajstić information content (AvgIpc) is 3.38. The van der Waals surface area contributed by atoms with E-state index in [2.05, 4.69) is 10.6 Å². The van der Waals surface area contributed by atoms with E-state index in [0.717, 1.165) is 16.0 Å². The number of aryl methyl sites for hydroxylation is 1. The van der Waals surface area contributed by atoms with Gasteiger partial charge in [-0.15, -0.1) is 11.3 Å². The molecule has 186 valence electrons. The third-order valence-corrected chi connectivity index (χ3v) is 6.63. The molecule has 36 heavy (non-hydrogen) atoms. The zero-order chi connectivity index (χ0) is 25.5. The third kappa shape index (κ3) is 6.59. The van der Waals surface area contributed by atoms with E-state index < -0.39 is 0 Å². The lowest BCUT2D eigenvalue weighted by Crippen LogP contribution is -2.43. The van der Waals surface area contributed by atoms with Crippen LogP contribution in [0.5, 0.6) is 0 Å². The van der Waals surface area contributed by atoms with E-state index in [-0.39, 0.29) is 17.6 Å². The first kappa shape index (κ1) is 25.2. The second kappa shape index (κ2) is 11.7. The van der Waals surface area contributed by atoms with Gasteiger partial charge in [0.2, 0.25) is 5.91 Å². The number of allylic oxidation sites excluding steroid dienone is 1. The van der Waals surface area contributed by atoms with E-state index in [9.17, 15) is 9.59 Å². The van der Waals surface area contributed by atoms with Crippen molar-refractivity contribution < 1.29 is 14.3 Å². The molecule has 0 unspecified atom stereocenters. The number of carbonyl (C=O) groups is 2. The number of amides is 3. The molecular weight excluding hydrogens is 474 g/mol. The number of nitrogens with zero attached hydrogens (tertiary/aromatic N) is 1. The minimum absolute atomic E-state index is 0.116. The van der Waals surface area contributed by atoms with Crippen LogP contribution in [-0.4, -0.2) is 48.9 Å². The largest absolute Gasteiger partial charge is 0.398 e. The van der Waals surface area contributed by atoms with Gasteiger partial charge in [-0.05, 0) is 59.8 Å². The normalized spacial score (nSPS) is 13.5. The van der Waals surface area contributed by atoms with E-state index >= 15 is 0 Å². The summed E-state index contributed by atoms with van der Waals surface area (Å²) in [6, 6.07) is 14.6. The maximum Gasteiger partial charge on any atom is 0.321 e. The van der Waals surface area contributed by atoms with Crippen LogP contribution < -0.4 is 16.4 Å². The summed E-state index contributed by atoms with van der Waals surface area (Å²) in [5.41, 5.74) is 10.4. The van der Waals surface area contributed by atoms with Gasteiger partial charge in [0.1, 0.15) is 0 Å². The number of hydrogen-bond donors (Lipinski definition) is 4. The number of benzene rings is 2. The van der Waals surface area contributed by atoms with E-state index in [0.29, 0.717) is 55.3 Å². The maximum atomic E-state index is 12.5. The number of nitrogens with two attached hydrogens (primary N) is 1. The molecule has 1 fully saturated rings. The lowest BCUT2D eigenvalue weighted by molar-refractivity contribution is -0.115. The van der Waals surface area contributed by atoms with Crippen LogP contribution in [0.2, 0.25) is 0 Å². The molecule has 1 aliphatic rings. The predicted octanol–water partition coefficient (Wildman–Crippen LogP) is 4.77. The quantitative estimate of drug-likeness (QED) is 0.274. The first-order valence-electron chi connectivity index (χ1n) is 11.6. The van der Waals surface area contributed by atoms with Crippen molar-refractivity contribution in [3.05, 3.63) is 81.6 Å². The summed E-state index contributed by atoms with van der Waals surface area (Å²) in [6.07, 6.45) is 3.74. The summed E-state index contributed by atoms with van der Waals surface area (Å²) in [5.74, 6) is -0.116. The number of ether oxygens (including phenoxy) is 1. The van der Waals surface area contributed by atoms with Crippen molar-refractivity contribution in [1.29, 1.82) is 5.41 Å². The molecule has 2 heterocycles. The second-order valence-corrected chi connectivity index (χ2v) is 9.49. The Hall–Kier alpha value is -3.95. The van der Waals surface area contributed by atoms with Crippen LogP contribution in [0, 0.1) is 12.3 Å². The lowest BCUT2D eigenvalue weighted by Gasteiger charge is -2.26. The Kier molecular flexibility index (Phi) is 8.14. The van der Waals surface area contributed by atoms with Crippen molar-refractivity contribution in [3.63, 3.8) is 0 Å². The Labute approximate surface area is 214 Å². The molecule has 9 heteroatoms. The molecule has 0 aliphatic carbocycles. The van der Waals surface area contributed by atoms with Gasteiger partial charge in [-0.1, -0.05) is 24.3 Å². The molecule has 2 aromatic carbocycles. The molecule has 0 radical (unpaired) electrons. The van der Waals surface area contributed by atoms with Crippen LogP contribution in [0.25, 0.3) is 6.08 Å². The second-order valence-electron chi connectivity index (χ2n) is 8.46. The summed E-state index contributed by atoms with van der Waals surface area (Å²) < 4.78 is 5.29. The highest BCUT2D eigenvalue weighted by Crippen LogP contribution is 2.25. The van der Waals surface area contributed by atoms with Crippen molar-refractivity contribution in [2.24, 2.45) is 0 Å². The van der Waals surface area contributed by atoms with E-state index in [4.69, 9.17) is 15.9 Å². The fraction of sp³-hybridized carbons (Fsp3) is 0.222. The fourth-order valence-electron chi connectivity index (χ4n) is 3.82. The Balaban J connectivity index is 1.43. The van der Waals surface area contributed by atoms with Crippen molar-refractivity contribution in [2.45, 2.75) is 13.3 Å². The summed E-state index contributed by atoms with van der Waals surface area (Å²) in [4.78, 5) is 27.6. The Morgan fingerprint density at radius 2 is 1.94 bits per heavy atom. The SMILES string of the molecule is Cc1cc(N)c(C(=N)/C=C/c2cccc(NC(=O)N3CCOCC3)c2)cc1NC(=O)Cc1cccs1. The van der Waals surface area contributed by atoms with Crippen LogP contribution in [0.15, 0.2) is 60.0 Å². The molecular formula is C27H29N5O3S. The molecule has 0 saturated carbocycles. The van der Waals surface area contributed by atoms with Gasteiger partial charge in [0.05, 0.1) is 25.3 Å². The Morgan fingerprint density at radius 1 is 1.14 bits per heavy atom. The van der Waals surface area contributed by atoms with Gasteiger partial charge in [-0.25, -0.2) is 4.79 Å².